The van der Waals surface area contributed by atoms with E-state index >= 15 is 0 Å². The Bertz CT molecular complexity index is 479. The highest BCUT2D eigenvalue weighted by atomic mass is 127. The SMILES string of the molecule is O=C(O)c1cccc(I)c1S(=O)(=O)O. The summed E-state index contributed by atoms with van der Waals surface area (Å²) in [5, 5.41) is 8.67. The van der Waals surface area contributed by atoms with Crippen molar-refractivity contribution in [1.82, 2.24) is 0 Å². The largest absolute Gasteiger partial charge is 0.478 e. The van der Waals surface area contributed by atoms with E-state index in [4.69, 9.17) is 9.66 Å². The van der Waals surface area contributed by atoms with Crippen molar-refractivity contribution in [3.05, 3.63) is 27.3 Å². The first-order valence-electron chi connectivity index (χ1n) is 3.33. The van der Waals surface area contributed by atoms with Crippen molar-refractivity contribution in [3.8, 4) is 0 Å². The van der Waals surface area contributed by atoms with Gasteiger partial charge in [0.25, 0.3) is 10.1 Å². The minimum Gasteiger partial charge on any atom is -0.478 e. The van der Waals surface area contributed by atoms with Crippen LogP contribution >= 0.6 is 22.6 Å². The number of hydrogen-bond acceptors (Lipinski definition) is 3. The van der Waals surface area contributed by atoms with E-state index in [1.165, 1.54) is 12.1 Å². The van der Waals surface area contributed by atoms with Crippen LogP contribution in [0.1, 0.15) is 10.4 Å². The fraction of sp³-hybridized carbons (Fsp3) is 0. The fourth-order valence-electron chi connectivity index (χ4n) is 0.939. The molecule has 0 aliphatic carbocycles. The molecule has 1 rings (SSSR count). The molecule has 5 nitrogen and oxygen atoms in total. The Morgan fingerprint density at radius 3 is 2.29 bits per heavy atom. The van der Waals surface area contributed by atoms with Gasteiger partial charge in [0, 0.05) is 3.57 Å². The Morgan fingerprint density at radius 2 is 1.93 bits per heavy atom. The molecule has 0 aliphatic rings. The van der Waals surface area contributed by atoms with Crippen molar-refractivity contribution in [2.75, 3.05) is 0 Å². The minimum atomic E-state index is -4.50. The second-order valence-electron chi connectivity index (χ2n) is 2.40. The zero-order valence-corrected chi connectivity index (χ0v) is 9.61. The van der Waals surface area contributed by atoms with Gasteiger partial charge < -0.3 is 5.11 Å². The molecular formula is C7H5IO5S. The van der Waals surface area contributed by atoms with Gasteiger partial charge in [-0.25, -0.2) is 4.79 Å². The lowest BCUT2D eigenvalue weighted by Gasteiger charge is -2.04. The van der Waals surface area contributed by atoms with Gasteiger partial charge in [-0.2, -0.15) is 8.42 Å². The van der Waals surface area contributed by atoms with E-state index < -0.39 is 26.5 Å². The molecule has 0 fully saturated rings. The molecular weight excluding hydrogens is 323 g/mol. The summed E-state index contributed by atoms with van der Waals surface area (Å²) in [6.45, 7) is 0. The van der Waals surface area contributed by atoms with Crippen LogP contribution in [0.15, 0.2) is 23.1 Å². The molecule has 76 valence electrons. The maximum Gasteiger partial charge on any atom is 0.337 e. The highest BCUT2D eigenvalue weighted by Gasteiger charge is 2.22. The summed E-state index contributed by atoms with van der Waals surface area (Å²) in [6.07, 6.45) is 0. The Hall–Kier alpha value is -0.670. The van der Waals surface area contributed by atoms with E-state index in [9.17, 15) is 13.2 Å². The second kappa shape index (κ2) is 3.83. The molecule has 0 bridgehead atoms. The van der Waals surface area contributed by atoms with Crippen molar-refractivity contribution in [1.29, 1.82) is 0 Å². The van der Waals surface area contributed by atoms with Crippen molar-refractivity contribution in [2.45, 2.75) is 4.90 Å². The first-order valence-corrected chi connectivity index (χ1v) is 5.85. The van der Waals surface area contributed by atoms with Crippen LogP contribution in [-0.4, -0.2) is 24.0 Å². The van der Waals surface area contributed by atoms with Gasteiger partial charge in [0.2, 0.25) is 0 Å². The molecule has 0 heterocycles. The Morgan fingerprint density at radius 1 is 1.36 bits per heavy atom. The monoisotopic (exact) mass is 328 g/mol. The molecule has 0 radical (unpaired) electrons. The summed E-state index contributed by atoms with van der Waals surface area (Å²) in [6, 6.07) is 3.92. The van der Waals surface area contributed by atoms with Gasteiger partial charge in [-0.05, 0) is 34.7 Å². The van der Waals surface area contributed by atoms with E-state index in [1.807, 2.05) is 0 Å². The maximum atomic E-state index is 10.9. The average molecular weight is 328 g/mol. The first kappa shape index (κ1) is 11.4. The maximum absolute atomic E-state index is 10.9. The lowest BCUT2D eigenvalue weighted by atomic mass is 10.2. The Balaban J connectivity index is 3.62. The molecule has 0 spiro atoms. The van der Waals surface area contributed by atoms with Gasteiger partial charge in [-0.1, -0.05) is 6.07 Å². The number of hydrogen-bond donors (Lipinski definition) is 2. The van der Waals surface area contributed by atoms with Gasteiger partial charge in [0.05, 0.1) is 5.56 Å². The number of rotatable bonds is 2. The molecule has 0 saturated carbocycles. The normalized spacial score (nSPS) is 11.3. The second-order valence-corrected chi connectivity index (χ2v) is 4.92. The smallest absolute Gasteiger partial charge is 0.337 e. The number of carbonyl (C=O) groups is 1. The van der Waals surface area contributed by atoms with Crippen LogP contribution in [0.4, 0.5) is 0 Å². The predicted molar refractivity (Wildman–Crippen MR) is 55.9 cm³/mol. The molecule has 2 N–H and O–H groups in total. The summed E-state index contributed by atoms with van der Waals surface area (Å²) < 4.78 is 30.7. The van der Waals surface area contributed by atoms with Crippen molar-refractivity contribution < 1.29 is 22.9 Å². The summed E-state index contributed by atoms with van der Waals surface area (Å²) in [5.41, 5.74) is -0.431. The van der Waals surface area contributed by atoms with Gasteiger partial charge in [0.1, 0.15) is 4.90 Å². The molecule has 0 atom stereocenters. The summed E-state index contributed by atoms with van der Waals surface area (Å²) in [4.78, 5) is 10.1. The standard InChI is InChI=1S/C7H5IO5S/c8-5-3-1-2-4(7(9)10)6(5)14(11,12)13/h1-3H,(H,9,10)(H,11,12,13). The fourth-order valence-corrected chi connectivity index (χ4v) is 3.02. The van der Waals surface area contributed by atoms with Crippen molar-refractivity contribution in [3.63, 3.8) is 0 Å². The number of aromatic carboxylic acids is 1. The molecule has 0 saturated heterocycles. The van der Waals surface area contributed by atoms with Crippen LogP contribution in [0.25, 0.3) is 0 Å². The molecule has 0 aromatic heterocycles. The molecule has 7 heteroatoms. The summed E-state index contributed by atoms with van der Waals surface area (Å²) in [7, 11) is -4.50. The molecule has 1 aromatic rings. The van der Waals surface area contributed by atoms with Gasteiger partial charge >= 0.3 is 5.97 Å². The van der Waals surface area contributed by atoms with Crippen molar-refractivity contribution >= 4 is 38.7 Å². The first-order chi connectivity index (χ1) is 6.34. The van der Waals surface area contributed by atoms with Crippen LogP contribution in [0, 0.1) is 3.57 Å². The number of halogens is 1. The van der Waals surface area contributed by atoms with E-state index in [0.717, 1.165) is 6.07 Å². The third-order valence-electron chi connectivity index (χ3n) is 1.46. The number of carboxylic acid groups (broad SMARTS) is 1. The van der Waals surface area contributed by atoms with Crippen LogP contribution in [0.5, 0.6) is 0 Å². The van der Waals surface area contributed by atoms with Crippen LogP contribution < -0.4 is 0 Å². The Labute approximate surface area is 93.6 Å². The lowest BCUT2D eigenvalue weighted by Crippen LogP contribution is -2.09. The third-order valence-corrected chi connectivity index (χ3v) is 3.68. The van der Waals surface area contributed by atoms with Gasteiger partial charge in [-0.15, -0.1) is 0 Å². The zero-order valence-electron chi connectivity index (χ0n) is 6.64. The molecule has 0 unspecified atom stereocenters. The minimum absolute atomic E-state index is 0.171. The highest BCUT2D eigenvalue weighted by molar-refractivity contribution is 14.1. The van der Waals surface area contributed by atoms with Crippen LogP contribution in [0.2, 0.25) is 0 Å². The molecule has 0 amide bonds. The van der Waals surface area contributed by atoms with E-state index in [-0.39, 0.29) is 3.57 Å². The lowest BCUT2D eigenvalue weighted by molar-refractivity contribution is 0.0692. The molecule has 0 aliphatic heterocycles. The van der Waals surface area contributed by atoms with Gasteiger partial charge in [0.15, 0.2) is 0 Å². The average Bonchev–Trinajstić information content (AvgIpc) is 2.01. The Kier molecular flexibility index (Phi) is 3.12. The van der Waals surface area contributed by atoms with E-state index in [0.29, 0.717) is 0 Å². The number of benzene rings is 1. The zero-order chi connectivity index (χ0) is 10.9. The van der Waals surface area contributed by atoms with Crippen LogP contribution in [-0.2, 0) is 10.1 Å². The van der Waals surface area contributed by atoms with E-state index in [1.54, 1.807) is 22.6 Å². The summed E-state index contributed by atoms with van der Waals surface area (Å²) >= 11 is 1.64. The highest BCUT2D eigenvalue weighted by Crippen LogP contribution is 2.22. The quantitative estimate of drug-likeness (QED) is 0.629. The predicted octanol–water partition coefficient (Wildman–Crippen LogP) is 1.24. The number of carboxylic acids is 1. The van der Waals surface area contributed by atoms with E-state index in [2.05, 4.69) is 0 Å². The molecule has 1 aromatic carbocycles. The topological polar surface area (TPSA) is 91.7 Å². The van der Waals surface area contributed by atoms with Crippen molar-refractivity contribution in [2.24, 2.45) is 0 Å². The third kappa shape index (κ3) is 2.22. The molecule has 14 heavy (non-hydrogen) atoms. The van der Waals surface area contributed by atoms with Crippen LogP contribution in [0.3, 0.4) is 0 Å². The van der Waals surface area contributed by atoms with Gasteiger partial charge in [-0.3, -0.25) is 4.55 Å². The summed E-state index contributed by atoms with van der Waals surface area (Å²) in [5.74, 6) is -1.39.